The summed E-state index contributed by atoms with van der Waals surface area (Å²) in [7, 11) is 3.76. The molecular weight excluding hydrogens is 240 g/mol. The first kappa shape index (κ1) is 14.2. The lowest BCUT2D eigenvalue weighted by molar-refractivity contribution is 0.216. The summed E-state index contributed by atoms with van der Waals surface area (Å²) in [5.41, 5.74) is 1.14. The second-order valence-corrected chi connectivity index (χ2v) is 5.38. The number of hydrogen-bond donors (Lipinski definition) is 2. The van der Waals surface area contributed by atoms with E-state index in [1.807, 2.05) is 12.1 Å². The number of ether oxygens (including phenoxy) is 1. The molecule has 0 aliphatic carbocycles. The van der Waals surface area contributed by atoms with E-state index in [0.717, 1.165) is 24.6 Å². The summed E-state index contributed by atoms with van der Waals surface area (Å²) >= 11 is 0. The molecule has 0 bridgehead atoms. The number of likely N-dealkylation sites (tertiary alicyclic amines) is 1. The van der Waals surface area contributed by atoms with Crippen LogP contribution in [0.25, 0.3) is 0 Å². The number of hydrogen-bond acceptors (Lipinski definition) is 4. The Hall–Kier alpha value is -1.26. The van der Waals surface area contributed by atoms with E-state index < -0.39 is 0 Å². The van der Waals surface area contributed by atoms with Crippen molar-refractivity contribution in [3.05, 3.63) is 23.8 Å². The van der Waals surface area contributed by atoms with E-state index in [0.29, 0.717) is 5.75 Å². The SMILES string of the molecule is COc1cc(CNCC2CCN(C)CC2)ccc1O. The third-order valence-electron chi connectivity index (χ3n) is 3.84. The van der Waals surface area contributed by atoms with Gasteiger partial charge < -0.3 is 20.1 Å². The highest BCUT2D eigenvalue weighted by Gasteiger charge is 2.15. The zero-order chi connectivity index (χ0) is 13.7. The molecule has 1 aliphatic rings. The number of nitrogens with one attached hydrogen (secondary N) is 1. The van der Waals surface area contributed by atoms with Crippen LogP contribution in [-0.4, -0.2) is 43.8 Å². The molecule has 0 saturated carbocycles. The molecule has 0 unspecified atom stereocenters. The molecule has 106 valence electrons. The molecule has 0 atom stereocenters. The van der Waals surface area contributed by atoms with Crippen molar-refractivity contribution in [3.8, 4) is 11.5 Å². The Labute approximate surface area is 115 Å². The minimum Gasteiger partial charge on any atom is -0.504 e. The van der Waals surface area contributed by atoms with Gasteiger partial charge in [0, 0.05) is 6.54 Å². The van der Waals surface area contributed by atoms with Gasteiger partial charge in [0.2, 0.25) is 0 Å². The Kier molecular flexibility index (Phi) is 5.05. The molecule has 1 heterocycles. The van der Waals surface area contributed by atoms with Crippen LogP contribution in [0.5, 0.6) is 11.5 Å². The normalized spacial score (nSPS) is 17.6. The van der Waals surface area contributed by atoms with Crippen molar-refractivity contribution in [1.29, 1.82) is 0 Å². The van der Waals surface area contributed by atoms with E-state index in [1.54, 1.807) is 13.2 Å². The highest BCUT2D eigenvalue weighted by atomic mass is 16.5. The van der Waals surface area contributed by atoms with Gasteiger partial charge in [-0.2, -0.15) is 0 Å². The third-order valence-corrected chi connectivity index (χ3v) is 3.84. The summed E-state index contributed by atoms with van der Waals surface area (Å²) in [6, 6.07) is 5.50. The van der Waals surface area contributed by atoms with Crippen LogP contribution in [0.15, 0.2) is 18.2 Å². The summed E-state index contributed by atoms with van der Waals surface area (Å²) in [4.78, 5) is 2.39. The fourth-order valence-corrected chi connectivity index (χ4v) is 2.52. The number of benzene rings is 1. The van der Waals surface area contributed by atoms with Crippen molar-refractivity contribution in [2.45, 2.75) is 19.4 Å². The lowest BCUT2D eigenvalue weighted by Crippen LogP contribution is -2.34. The molecule has 2 N–H and O–H groups in total. The second-order valence-electron chi connectivity index (χ2n) is 5.38. The first-order chi connectivity index (χ1) is 9.19. The van der Waals surface area contributed by atoms with Gasteiger partial charge in [0.05, 0.1) is 7.11 Å². The van der Waals surface area contributed by atoms with Crippen LogP contribution >= 0.6 is 0 Å². The first-order valence-corrected chi connectivity index (χ1v) is 6.94. The minimum atomic E-state index is 0.196. The summed E-state index contributed by atoms with van der Waals surface area (Å²) < 4.78 is 5.11. The van der Waals surface area contributed by atoms with Gasteiger partial charge in [-0.05, 0) is 63.1 Å². The van der Waals surface area contributed by atoms with Crippen LogP contribution in [-0.2, 0) is 6.54 Å². The zero-order valence-corrected chi connectivity index (χ0v) is 11.9. The Morgan fingerprint density at radius 1 is 1.37 bits per heavy atom. The van der Waals surface area contributed by atoms with Gasteiger partial charge in [0.1, 0.15) is 0 Å². The van der Waals surface area contributed by atoms with Crippen LogP contribution in [0, 0.1) is 5.92 Å². The molecule has 0 amide bonds. The predicted molar refractivity (Wildman–Crippen MR) is 76.6 cm³/mol. The lowest BCUT2D eigenvalue weighted by Gasteiger charge is -2.29. The largest absolute Gasteiger partial charge is 0.504 e. The minimum absolute atomic E-state index is 0.196. The number of piperidine rings is 1. The van der Waals surface area contributed by atoms with Crippen LogP contribution in [0.3, 0.4) is 0 Å². The lowest BCUT2D eigenvalue weighted by atomic mass is 9.97. The van der Waals surface area contributed by atoms with E-state index in [4.69, 9.17) is 4.74 Å². The van der Waals surface area contributed by atoms with Crippen LogP contribution in [0.4, 0.5) is 0 Å². The molecule has 4 heteroatoms. The predicted octanol–water partition coefficient (Wildman–Crippen LogP) is 1.83. The number of rotatable bonds is 5. The van der Waals surface area contributed by atoms with Gasteiger partial charge in [-0.3, -0.25) is 0 Å². The maximum atomic E-state index is 9.54. The van der Waals surface area contributed by atoms with Crippen molar-refractivity contribution in [2.75, 3.05) is 33.8 Å². The number of nitrogens with zero attached hydrogens (tertiary/aromatic N) is 1. The number of methoxy groups -OCH3 is 1. The zero-order valence-electron chi connectivity index (χ0n) is 11.9. The molecule has 0 aromatic heterocycles. The monoisotopic (exact) mass is 264 g/mol. The smallest absolute Gasteiger partial charge is 0.160 e. The quantitative estimate of drug-likeness (QED) is 0.851. The summed E-state index contributed by atoms with van der Waals surface area (Å²) in [5.74, 6) is 1.52. The Morgan fingerprint density at radius 3 is 2.79 bits per heavy atom. The summed E-state index contributed by atoms with van der Waals surface area (Å²) in [6.45, 7) is 4.30. The molecule has 1 aromatic rings. The van der Waals surface area contributed by atoms with Gasteiger partial charge in [0.15, 0.2) is 11.5 Å². The van der Waals surface area contributed by atoms with Crippen LogP contribution < -0.4 is 10.1 Å². The number of aromatic hydroxyl groups is 1. The number of phenolic OH excluding ortho intramolecular Hbond substituents is 1. The van der Waals surface area contributed by atoms with Crippen molar-refractivity contribution in [2.24, 2.45) is 5.92 Å². The fourth-order valence-electron chi connectivity index (χ4n) is 2.52. The molecular formula is C15H24N2O2. The molecule has 0 radical (unpaired) electrons. The molecule has 1 saturated heterocycles. The topological polar surface area (TPSA) is 44.7 Å². The average Bonchev–Trinajstić information content (AvgIpc) is 2.43. The van der Waals surface area contributed by atoms with Gasteiger partial charge in [0.25, 0.3) is 0 Å². The van der Waals surface area contributed by atoms with E-state index in [-0.39, 0.29) is 5.75 Å². The highest BCUT2D eigenvalue weighted by Crippen LogP contribution is 2.26. The second kappa shape index (κ2) is 6.78. The molecule has 2 rings (SSSR count). The standard InChI is InChI=1S/C15H24N2O2/c1-17-7-5-12(6-8-17)10-16-11-13-3-4-14(18)15(9-13)19-2/h3-4,9,12,16,18H,5-8,10-11H2,1-2H3. The van der Waals surface area contributed by atoms with E-state index >= 15 is 0 Å². The summed E-state index contributed by atoms with van der Waals surface area (Å²) in [6.07, 6.45) is 2.56. The van der Waals surface area contributed by atoms with Gasteiger partial charge in [-0.25, -0.2) is 0 Å². The van der Waals surface area contributed by atoms with Crippen molar-refractivity contribution < 1.29 is 9.84 Å². The van der Waals surface area contributed by atoms with Crippen molar-refractivity contribution in [1.82, 2.24) is 10.2 Å². The fraction of sp³-hybridized carbons (Fsp3) is 0.600. The Bertz CT molecular complexity index is 401. The first-order valence-electron chi connectivity index (χ1n) is 6.94. The van der Waals surface area contributed by atoms with Crippen molar-refractivity contribution in [3.63, 3.8) is 0 Å². The number of phenols is 1. The molecule has 1 fully saturated rings. The van der Waals surface area contributed by atoms with Crippen LogP contribution in [0.1, 0.15) is 18.4 Å². The molecule has 1 aromatic carbocycles. The molecule has 4 nitrogen and oxygen atoms in total. The van der Waals surface area contributed by atoms with Crippen molar-refractivity contribution >= 4 is 0 Å². The molecule has 1 aliphatic heterocycles. The molecule has 0 spiro atoms. The molecule has 19 heavy (non-hydrogen) atoms. The van der Waals surface area contributed by atoms with E-state index in [9.17, 15) is 5.11 Å². The van der Waals surface area contributed by atoms with Crippen LogP contribution in [0.2, 0.25) is 0 Å². The third kappa shape index (κ3) is 4.11. The highest BCUT2D eigenvalue weighted by molar-refractivity contribution is 5.41. The maximum Gasteiger partial charge on any atom is 0.160 e. The van der Waals surface area contributed by atoms with Gasteiger partial charge in [-0.15, -0.1) is 0 Å². The Balaban J connectivity index is 1.76. The van der Waals surface area contributed by atoms with E-state index in [2.05, 4.69) is 17.3 Å². The van der Waals surface area contributed by atoms with Gasteiger partial charge >= 0.3 is 0 Å². The maximum absolute atomic E-state index is 9.54. The van der Waals surface area contributed by atoms with E-state index in [1.165, 1.54) is 25.9 Å². The average molecular weight is 264 g/mol. The Morgan fingerprint density at radius 2 is 2.11 bits per heavy atom. The van der Waals surface area contributed by atoms with Gasteiger partial charge in [-0.1, -0.05) is 6.07 Å². The summed E-state index contributed by atoms with van der Waals surface area (Å²) in [5, 5.41) is 13.0.